The number of carboxylic acids is 1. The van der Waals surface area contributed by atoms with Crippen molar-refractivity contribution in [1.29, 1.82) is 0 Å². The summed E-state index contributed by atoms with van der Waals surface area (Å²) in [6, 6.07) is 8.91. The Morgan fingerprint density at radius 3 is 2.60 bits per heavy atom. The van der Waals surface area contributed by atoms with Crippen molar-refractivity contribution >= 4 is 33.9 Å². The second kappa shape index (κ2) is 12.8. The fourth-order valence-corrected chi connectivity index (χ4v) is 5.93. The van der Waals surface area contributed by atoms with Crippen LogP contribution in [0, 0.1) is 0 Å². The van der Waals surface area contributed by atoms with Crippen molar-refractivity contribution in [2.45, 2.75) is 44.5 Å². The highest BCUT2D eigenvalue weighted by Gasteiger charge is 2.38. The van der Waals surface area contributed by atoms with E-state index in [1.807, 2.05) is 0 Å². The Bertz CT molecular complexity index is 1690. The summed E-state index contributed by atoms with van der Waals surface area (Å²) in [6.45, 7) is -0.0669. The number of benzene rings is 2. The number of alkyl halides is 5. The summed E-state index contributed by atoms with van der Waals surface area (Å²) in [5.41, 5.74) is 0.380. The van der Waals surface area contributed by atoms with Crippen LogP contribution in [-0.2, 0) is 34.7 Å². The summed E-state index contributed by atoms with van der Waals surface area (Å²) in [4.78, 5) is 29.6. The highest BCUT2D eigenvalue weighted by atomic mass is 32.1. The molecule has 13 heteroatoms. The van der Waals surface area contributed by atoms with E-state index in [0.717, 1.165) is 12.1 Å². The zero-order chi connectivity index (χ0) is 32.4. The van der Waals surface area contributed by atoms with Crippen LogP contribution in [0.5, 0.6) is 0 Å². The Kier molecular flexibility index (Phi) is 9.10. The Balaban J connectivity index is 1.56. The number of carboxylic acid groups (broad SMARTS) is 1. The van der Waals surface area contributed by atoms with Gasteiger partial charge in [0, 0.05) is 48.1 Å². The van der Waals surface area contributed by atoms with Gasteiger partial charge in [0.1, 0.15) is 5.76 Å². The number of nitrogens with zero attached hydrogens (tertiary/aromatic N) is 2. The van der Waals surface area contributed by atoms with Gasteiger partial charge in [-0.3, -0.25) is 9.59 Å². The molecule has 2 N–H and O–H groups in total. The second-order valence-corrected chi connectivity index (χ2v) is 11.5. The number of methoxy groups -OCH3 is 1. The van der Waals surface area contributed by atoms with Crippen LogP contribution in [0.25, 0.3) is 5.57 Å². The van der Waals surface area contributed by atoms with Gasteiger partial charge in [-0.05, 0) is 60.0 Å². The first-order valence-electron chi connectivity index (χ1n) is 13.9. The van der Waals surface area contributed by atoms with Crippen molar-refractivity contribution in [3.63, 3.8) is 0 Å². The summed E-state index contributed by atoms with van der Waals surface area (Å²) in [5.74, 6) is -4.68. The number of fused-ring (bicyclic) bond motifs is 6. The molecule has 1 aliphatic heterocycles. The molecule has 0 saturated heterocycles. The maximum absolute atomic E-state index is 15.7. The van der Waals surface area contributed by atoms with Crippen LogP contribution in [0.1, 0.15) is 57.6 Å². The monoisotopic (exact) mass is 645 g/mol. The molecule has 7 nitrogen and oxygen atoms in total. The summed E-state index contributed by atoms with van der Waals surface area (Å²) in [7, 11) is 1.46. The minimum absolute atomic E-state index is 0.0378. The van der Waals surface area contributed by atoms with E-state index >= 15 is 8.78 Å². The number of carbonyl (C=O) groups excluding carboxylic acids is 1. The second-order valence-electron chi connectivity index (χ2n) is 10.7. The van der Waals surface area contributed by atoms with E-state index in [4.69, 9.17) is 14.8 Å². The van der Waals surface area contributed by atoms with Crippen LogP contribution in [0.3, 0.4) is 0 Å². The molecule has 1 aliphatic carbocycles. The summed E-state index contributed by atoms with van der Waals surface area (Å²) < 4.78 is 78.8. The summed E-state index contributed by atoms with van der Waals surface area (Å²) in [6.07, 6.45) is -0.781. The van der Waals surface area contributed by atoms with Crippen molar-refractivity contribution in [3.05, 3.63) is 111 Å². The van der Waals surface area contributed by atoms with Crippen molar-refractivity contribution in [3.8, 4) is 0 Å². The third kappa shape index (κ3) is 7.59. The van der Waals surface area contributed by atoms with Crippen molar-refractivity contribution in [1.82, 2.24) is 10.3 Å². The van der Waals surface area contributed by atoms with Crippen molar-refractivity contribution < 1.29 is 41.4 Å². The molecule has 236 valence electrons. The lowest BCUT2D eigenvalue weighted by Gasteiger charge is -2.25. The molecule has 6 bridgehead atoms. The lowest BCUT2D eigenvalue weighted by Crippen LogP contribution is -2.26. The minimum atomic E-state index is -4.84. The van der Waals surface area contributed by atoms with E-state index in [1.165, 1.54) is 18.4 Å². The Labute approximate surface area is 259 Å². The van der Waals surface area contributed by atoms with Crippen LogP contribution in [0.2, 0.25) is 0 Å². The number of anilines is 1. The number of ether oxygens (including phenoxy) is 1. The molecule has 0 saturated carbocycles. The third-order valence-electron chi connectivity index (χ3n) is 7.30. The van der Waals surface area contributed by atoms with Gasteiger partial charge >= 0.3 is 12.1 Å². The Morgan fingerprint density at radius 1 is 1.16 bits per heavy atom. The highest BCUT2D eigenvalue weighted by molar-refractivity contribution is 7.13. The maximum Gasteiger partial charge on any atom is 0.416 e. The molecule has 2 heterocycles. The van der Waals surface area contributed by atoms with Crippen LogP contribution >= 0.6 is 11.3 Å². The highest BCUT2D eigenvalue weighted by Crippen LogP contribution is 2.42. The van der Waals surface area contributed by atoms with Crippen molar-refractivity contribution in [2.75, 3.05) is 18.6 Å². The van der Waals surface area contributed by atoms with Gasteiger partial charge in [0.15, 0.2) is 5.13 Å². The normalized spacial score (nSPS) is 16.1. The molecule has 3 aromatic rings. The molecule has 0 fully saturated rings. The standard InChI is InChI=1S/C32H28F5N3O4S/c1-44-27-4-2-3-20-13-25(27)26-18-45-30(39-26)40(16-19-5-7-22(8-6-19)29(43)38-10-9-28(41)42)17-21-11-23(31(33,34)15-20)14-24(12-21)32(35,36)37/h2,4-8,11-14,18H,3,9-10,15-17H2,1H3,(H,38,43)(H,41,42). The van der Waals surface area contributed by atoms with E-state index in [2.05, 4.69) is 5.32 Å². The smallest absolute Gasteiger partial charge is 0.416 e. The molecular formula is C32H28F5N3O4S. The molecule has 0 radical (unpaired) electrons. The zero-order valence-electron chi connectivity index (χ0n) is 24.0. The van der Waals surface area contributed by atoms with Crippen LogP contribution in [0.15, 0.2) is 77.4 Å². The van der Waals surface area contributed by atoms with Gasteiger partial charge in [0.2, 0.25) is 0 Å². The molecule has 0 atom stereocenters. The number of hydrogen-bond acceptors (Lipinski definition) is 6. The SMILES string of the molecule is COC1=C2C=C(CC=C1)CC(F)(F)c1cc(cc(C(F)(F)F)c1)CN(Cc1ccc(C(=O)NCCC(=O)O)cc1)c1nc2cs1. The number of carbonyl (C=O) groups is 2. The first kappa shape index (κ1) is 31.9. The molecule has 5 rings (SSSR count). The van der Waals surface area contributed by atoms with E-state index in [1.54, 1.807) is 52.8 Å². The number of hydrogen-bond donors (Lipinski definition) is 2. The Morgan fingerprint density at radius 2 is 1.91 bits per heavy atom. The number of thiazole rings is 1. The molecule has 1 aromatic heterocycles. The molecule has 2 aliphatic rings. The van der Waals surface area contributed by atoms with E-state index in [0.29, 0.717) is 44.9 Å². The molecule has 2 aromatic carbocycles. The number of aromatic nitrogens is 1. The van der Waals surface area contributed by atoms with Crippen LogP contribution in [-0.4, -0.2) is 35.6 Å². The van der Waals surface area contributed by atoms with E-state index in [9.17, 15) is 22.8 Å². The van der Waals surface area contributed by atoms with Gasteiger partial charge < -0.3 is 20.1 Å². The van der Waals surface area contributed by atoms with E-state index in [-0.39, 0.29) is 38.0 Å². The lowest BCUT2D eigenvalue weighted by molar-refractivity contribution is -0.138. The number of amides is 1. The number of nitrogens with one attached hydrogen (secondary N) is 1. The topological polar surface area (TPSA) is 91.8 Å². The fourth-order valence-electron chi connectivity index (χ4n) is 5.10. The largest absolute Gasteiger partial charge is 0.496 e. The maximum atomic E-state index is 15.7. The quantitative estimate of drug-likeness (QED) is 0.262. The summed E-state index contributed by atoms with van der Waals surface area (Å²) >= 11 is 1.25. The van der Waals surface area contributed by atoms with Gasteiger partial charge in [0.05, 0.1) is 24.8 Å². The number of aliphatic carboxylic acids is 1. The Hall–Kier alpha value is -4.52. The summed E-state index contributed by atoms with van der Waals surface area (Å²) in [5, 5.41) is 13.5. The minimum Gasteiger partial charge on any atom is -0.496 e. The van der Waals surface area contributed by atoms with Crippen molar-refractivity contribution in [2.24, 2.45) is 0 Å². The lowest BCUT2D eigenvalue weighted by atomic mass is 9.94. The van der Waals surface area contributed by atoms with Gasteiger partial charge in [-0.15, -0.1) is 11.3 Å². The van der Waals surface area contributed by atoms with Crippen LogP contribution in [0.4, 0.5) is 27.1 Å². The number of halogens is 5. The van der Waals surface area contributed by atoms with Gasteiger partial charge in [-0.2, -0.15) is 13.2 Å². The average molecular weight is 646 g/mol. The van der Waals surface area contributed by atoms with Gasteiger partial charge in [-0.1, -0.05) is 23.8 Å². The first-order chi connectivity index (χ1) is 21.3. The molecule has 0 unspecified atom stereocenters. The average Bonchev–Trinajstić information content (AvgIpc) is 3.38. The van der Waals surface area contributed by atoms with Gasteiger partial charge in [-0.25, -0.2) is 13.8 Å². The zero-order valence-corrected chi connectivity index (χ0v) is 24.8. The molecule has 0 spiro atoms. The predicted molar refractivity (Wildman–Crippen MR) is 159 cm³/mol. The predicted octanol–water partition coefficient (Wildman–Crippen LogP) is 7.31. The first-order valence-corrected chi connectivity index (χ1v) is 14.7. The fraction of sp³-hybridized carbons (Fsp3) is 0.281. The van der Waals surface area contributed by atoms with E-state index < -0.39 is 41.5 Å². The number of rotatable bonds is 7. The van der Waals surface area contributed by atoms with Gasteiger partial charge in [0.25, 0.3) is 11.8 Å². The molecule has 1 amide bonds. The molecular weight excluding hydrogens is 617 g/mol. The third-order valence-corrected chi connectivity index (χ3v) is 8.20. The van der Waals surface area contributed by atoms with Crippen LogP contribution < -0.4 is 10.2 Å². The number of allylic oxidation sites excluding steroid dienone is 5. The molecule has 45 heavy (non-hydrogen) atoms.